The van der Waals surface area contributed by atoms with Gasteiger partial charge in [0.25, 0.3) is 0 Å². The van der Waals surface area contributed by atoms with Gasteiger partial charge in [-0.1, -0.05) is 111 Å². The highest BCUT2D eigenvalue weighted by atomic mass is 31.2. The van der Waals surface area contributed by atoms with Gasteiger partial charge in [0.1, 0.15) is 11.6 Å². The van der Waals surface area contributed by atoms with Gasteiger partial charge in [-0.3, -0.25) is 23.7 Å². The van der Waals surface area contributed by atoms with Crippen molar-refractivity contribution in [3.05, 3.63) is 58.2 Å². The number of carbonyl (C=O) groups excluding carboxylic acids is 4. The monoisotopic (exact) mass is 861 g/mol. The van der Waals surface area contributed by atoms with E-state index in [1.165, 1.54) is 27.9 Å². The van der Waals surface area contributed by atoms with Gasteiger partial charge in [0.2, 0.25) is 0 Å². The molecular formula is C49H85N2O8P. The Bertz CT molecular complexity index is 1370. The Morgan fingerprint density at radius 2 is 0.850 bits per heavy atom. The normalized spacial score (nSPS) is 12.7. The summed E-state index contributed by atoms with van der Waals surface area (Å²) in [5.74, 6) is -1.53. The molecule has 0 rings (SSSR count). The summed E-state index contributed by atoms with van der Waals surface area (Å²) >= 11 is 0. The summed E-state index contributed by atoms with van der Waals surface area (Å²) in [6.45, 7) is 17.4. The maximum absolute atomic E-state index is 13.7. The first kappa shape index (κ1) is 57.1. The lowest BCUT2D eigenvalue weighted by Gasteiger charge is -2.20. The fraction of sp³-hybridized carbons (Fsp3) is 0.714. The first-order valence-electron chi connectivity index (χ1n) is 23.0. The van der Waals surface area contributed by atoms with Crippen molar-refractivity contribution < 1.29 is 37.7 Å². The van der Waals surface area contributed by atoms with Crippen molar-refractivity contribution in [3.8, 4) is 0 Å². The van der Waals surface area contributed by atoms with Crippen LogP contribution < -0.4 is 10.2 Å². The average Bonchev–Trinajstić information content (AvgIpc) is 3.20. The van der Waals surface area contributed by atoms with E-state index in [-0.39, 0.29) is 56.9 Å². The molecule has 0 aliphatic rings. The van der Waals surface area contributed by atoms with E-state index in [0.717, 1.165) is 109 Å². The van der Waals surface area contributed by atoms with E-state index in [1.807, 2.05) is 0 Å². The molecule has 2 N–H and O–H groups in total. The number of allylic oxidation sites excluding steroid dienone is 10. The molecule has 0 aliphatic carbocycles. The van der Waals surface area contributed by atoms with Gasteiger partial charge in [0.05, 0.1) is 45.8 Å². The summed E-state index contributed by atoms with van der Waals surface area (Å²) in [5, 5.41) is 5.37. The van der Waals surface area contributed by atoms with Crippen LogP contribution >= 0.6 is 7.67 Å². The highest BCUT2D eigenvalue weighted by Crippen LogP contribution is 2.37. The van der Waals surface area contributed by atoms with Crippen LogP contribution in [-0.4, -0.2) is 56.4 Å². The van der Waals surface area contributed by atoms with Crippen molar-refractivity contribution in [1.29, 1.82) is 0 Å². The van der Waals surface area contributed by atoms with Crippen LogP contribution in [0, 0.1) is 0 Å². The standard InChI is InChI=1S/C49H85N2O8P/c1-9-11-13-17-36-57-48(54)34-32-46(52)39-50-60(56,51-40-47(53)33-35-49(55)58-37-18-14-12-10-2)59-38-22-31-45(8)30-21-28-43(6)25-16-15-24-42(5)27-20-29-44(7)26-19-23-41(3)4/h23-25,29-30H,9-22,26-28,31-40H2,1-8H3,(H2,50,51,56)/b42-24+,43-25+,44-29+,45-30+. The maximum atomic E-state index is 13.7. The van der Waals surface area contributed by atoms with Gasteiger partial charge in [-0.2, -0.15) is 0 Å². The SMILES string of the molecule is CCCCCCOC(=O)CCC(=O)CNP(=O)(NCC(=O)CCC(=O)OCCCCCC)OCCC/C(C)=C/CC/C(C)=C/CC/C=C(\C)CC/C=C(\C)CCC=C(C)C. The van der Waals surface area contributed by atoms with Crippen LogP contribution in [-0.2, 0) is 37.7 Å². The molecule has 0 unspecified atom stereocenters. The van der Waals surface area contributed by atoms with E-state index >= 15 is 0 Å². The van der Waals surface area contributed by atoms with Crippen molar-refractivity contribution in [2.45, 2.75) is 197 Å². The topological polar surface area (TPSA) is 137 Å². The van der Waals surface area contributed by atoms with E-state index in [2.05, 4.69) is 95.9 Å². The van der Waals surface area contributed by atoms with Gasteiger partial charge in [-0.15, -0.1) is 0 Å². The number of rotatable bonds is 39. The zero-order chi connectivity index (χ0) is 44.9. The van der Waals surface area contributed by atoms with Gasteiger partial charge in [0.15, 0.2) is 0 Å². The molecule has 0 radical (unpaired) electrons. The minimum atomic E-state index is -3.82. The number of ketones is 2. The first-order valence-corrected chi connectivity index (χ1v) is 24.7. The predicted molar refractivity (Wildman–Crippen MR) is 249 cm³/mol. The number of ether oxygens (including phenoxy) is 2. The molecule has 60 heavy (non-hydrogen) atoms. The molecule has 10 nitrogen and oxygen atoms in total. The Labute approximate surface area is 365 Å². The molecule has 0 fully saturated rings. The number of Topliss-reactive ketones (excluding diaryl/α,β-unsaturated/α-hetero) is 2. The smallest absolute Gasteiger partial charge is 0.341 e. The lowest BCUT2D eigenvalue weighted by Crippen LogP contribution is -2.32. The molecule has 0 spiro atoms. The molecule has 0 aromatic heterocycles. The summed E-state index contributed by atoms with van der Waals surface area (Å²) in [4.78, 5) is 49.4. The molecule has 0 atom stereocenters. The van der Waals surface area contributed by atoms with E-state index in [1.54, 1.807) is 0 Å². The number of nitrogens with one attached hydrogen (secondary N) is 2. The highest BCUT2D eigenvalue weighted by molar-refractivity contribution is 7.54. The van der Waals surface area contributed by atoms with Crippen LogP contribution in [0.25, 0.3) is 0 Å². The average molecular weight is 861 g/mol. The molecule has 11 heteroatoms. The molecule has 0 amide bonds. The van der Waals surface area contributed by atoms with Crippen molar-refractivity contribution in [1.82, 2.24) is 10.2 Å². The van der Waals surface area contributed by atoms with Gasteiger partial charge in [-0.25, -0.2) is 10.2 Å². The third-order valence-electron chi connectivity index (χ3n) is 10.0. The van der Waals surface area contributed by atoms with Crippen LogP contribution in [0.5, 0.6) is 0 Å². The molecule has 0 heterocycles. The number of unbranched alkanes of at least 4 members (excludes halogenated alkanes) is 7. The van der Waals surface area contributed by atoms with Gasteiger partial charge < -0.3 is 14.0 Å². The lowest BCUT2D eigenvalue weighted by atomic mass is 10.0. The third kappa shape index (κ3) is 36.9. The fourth-order valence-electron chi connectivity index (χ4n) is 6.06. The van der Waals surface area contributed by atoms with Crippen molar-refractivity contribution in [2.24, 2.45) is 0 Å². The molecule has 0 aliphatic heterocycles. The zero-order valence-electron chi connectivity index (χ0n) is 39.2. The number of esters is 2. The third-order valence-corrected chi connectivity index (χ3v) is 11.7. The second-order valence-electron chi connectivity index (χ2n) is 16.5. The lowest BCUT2D eigenvalue weighted by molar-refractivity contribution is -0.145. The predicted octanol–water partition coefficient (Wildman–Crippen LogP) is 12.9. The summed E-state index contributed by atoms with van der Waals surface area (Å²) < 4.78 is 29.9. The summed E-state index contributed by atoms with van der Waals surface area (Å²) in [6, 6.07) is 0. The van der Waals surface area contributed by atoms with Gasteiger partial charge in [0, 0.05) is 12.8 Å². The van der Waals surface area contributed by atoms with E-state index in [4.69, 9.17) is 14.0 Å². The van der Waals surface area contributed by atoms with E-state index in [9.17, 15) is 23.7 Å². The van der Waals surface area contributed by atoms with E-state index < -0.39 is 19.6 Å². The Kier molecular flexibility index (Phi) is 36.0. The number of carbonyl (C=O) groups is 4. The van der Waals surface area contributed by atoms with Crippen LogP contribution in [0.15, 0.2) is 58.2 Å². The molecule has 0 aromatic rings. The molecule has 0 aromatic carbocycles. The Morgan fingerprint density at radius 1 is 0.450 bits per heavy atom. The molecule has 0 saturated carbocycles. The quantitative estimate of drug-likeness (QED) is 0.0266. The second kappa shape index (κ2) is 37.8. The molecule has 0 saturated heterocycles. The summed E-state index contributed by atoms with van der Waals surface area (Å²) in [7, 11) is -3.82. The van der Waals surface area contributed by atoms with Crippen molar-refractivity contribution in [2.75, 3.05) is 32.9 Å². The minimum absolute atomic E-state index is 0.0616. The van der Waals surface area contributed by atoms with E-state index in [0.29, 0.717) is 19.6 Å². The van der Waals surface area contributed by atoms with Crippen molar-refractivity contribution in [3.63, 3.8) is 0 Å². The minimum Gasteiger partial charge on any atom is -0.466 e. The molecule has 344 valence electrons. The molecular weight excluding hydrogens is 776 g/mol. The molecule has 0 bridgehead atoms. The zero-order valence-corrected chi connectivity index (χ0v) is 40.1. The maximum Gasteiger partial charge on any atom is 0.341 e. The fourth-order valence-corrected chi connectivity index (χ4v) is 7.51. The van der Waals surface area contributed by atoms with Crippen LogP contribution in [0.2, 0.25) is 0 Å². The van der Waals surface area contributed by atoms with Gasteiger partial charge >= 0.3 is 19.6 Å². The van der Waals surface area contributed by atoms with Crippen LogP contribution in [0.1, 0.15) is 197 Å². The number of hydrogen-bond acceptors (Lipinski definition) is 8. The Morgan fingerprint density at radius 3 is 1.27 bits per heavy atom. The number of hydrogen-bond donors (Lipinski definition) is 2. The summed E-state index contributed by atoms with van der Waals surface area (Å²) in [6.07, 6.45) is 29.1. The highest BCUT2D eigenvalue weighted by Gasteiger charge is 2.25. The largest absolute Gasteiger partial charge is 0.466 e. The van der Waals surface area contributed by atoms with Crippen molar-refractivity contribution >= 4 is 31.2 Å². The second-order valence-corrected chi connectivity index (χ2v) is 18.5. The Hall–Kier alpha value is -2.91. The first-order chi connectivity index (χ1) is 28.7. The van der Waals surface area contributed by atoms with Gasteiger partial charge in [-0.05, 0) is 119 Å². The Balaban J connectivity index is 4.88. The van der Waals surface area contributed by atoms with Crippen LogP contribution in [0.4, 0.5) is 0 Å². The summed E-state index contributed by atoms with van der Waals surface area (Å²) in [5.41, 5.74) is 6.90. The van der Waals surface area contributed by atoms with Crippen LogP contribution in [0.3, 0.4) is 0 Å².